The molecule has 3 aliphatic heterocycles. The molecule has 484 valence electrons. The summed E-state index contributed by atoms with van der Waals surface area (Å²) in [4.78, 5) is 22.4. The summed E-state index contributed by atoms with van der Waals surface area (Å²) in [6, 6.07) is 55.6. The average Bonchev–Trinajstić information content (AvgIpc) is 1.85. The molecule has 5 aromatic carbocycles. The molecule has 0 radical (unpaired) electrons. The second-order valence-electron chi connectivity index (χ2n) is 32.6. The number of rotatable bonds is 8. The van der Waals surface area contributed by atoms with Gasteiger partial charge in [0, 0.05) is 74.2 Å². The monoisotopic (exact) mass is 1260 g/mol. The van der Waals surface area contributed by atoms with Crippen molar-refractivity contribution in [2.24, 2.45) is 0 Å². The van der Waals surface area contributed by atoms with Crippen molar-refractivity contribution in [1.82, 2.24) is 19.9 Å². The van der Waals surface area contributed by atoms with E-state index < -0.39 is 0 Å². The van der Waals surface area contributed by atoms with Crippen LogP contribution < -0.4 is 4.90 Å². The smallest absolute Gasteiger partial charge is 0.138 e. The van der Waals surface area contributed by atoms with Gasteiger partial charge in [0.05, 0.1) is 22.8 Å². The lowest BCUT2D eigenvalue weighted by molar-refractivity contribution is 0.506. The largest absolute Gasteiger partial charge is 0.371 e. The van der Waals surface area contributed by atoms with Crippen LogP contribution in [-0.2, 0) is 32.5 Å². The zero-order valence-electron chi connectivity index (χ0n) is 59.5. The molecule has 1 fully saturated rings. The van der Waals surface area contributed by atoms with Crippen molar-refractivity contribution in [3.8, 4) is 57.7 Å². The van der Waals surface area contributed by atoms with E-state index in [9.17, 15) is 21.0 Å². The van der Waals surface area contributed by atoms with Gasteiger partial charge >= 0.3 is 0 Å². The molecule has 0 aliphatic carbocycles. The van der Waals surface area contributed by atoms with Crippen molar-refractivity contribution < 1.29 is 0 Å². The first-order valence-corrected chi connectivity index (χ1v) is 33.8. The van der Waals surface area contributed by atoms with Crippen LogP contribution in [0.3, 0.4) is 0 Å². The highest BCUT2D eigenvalue weighted by molar-refractivity contribution is 6.11. The Labute approximate surface area is 570 Å². The summed E-state index contributed by atoms with van der Waals surface area (Å²) in [7, 11) is 0. The maximum Gasteiger partial charge on any atom is 0.138 e. The van der Waals surface area contributed by atoms with Crippen LogP contribution in [0.4, 0.5) is 5.69 Å². The Kier molecular flexibility index (Phi) is 17.7. The fourth-order valence-electron chi connectivity index (χ4n) is 13.5. The summed E-state index contributed by atoms with van der Waals surface area (Å²) in [6.45, 7) is 42.9. The maximum atomic E-state index is 10.3. The molecule has 11 rings (SSSR count). The molecule has 0 atom stereocenters. The van der Waals surface area contributed by atoms with Crippen LogP contribution in [0.1, 0.15) is 216 Å². The molecule has 9 heteroatoms. The maximum absolute atomic E-state index is 10.3. The predicted octanol–water partition coefficient (Wildman–Crippen LogP) is 22.1. The van der Waals surface area contributed by atoms with E-state index in [4.69, 9.17) is 9.97 Å². The topological polar surface area (TPSA) is 156 Å². The van der Waals surface area contributed by atoms with E-state index >= 15 is 0 Å². The Morgan fingerprint density at radius 1 is 0.375 bits per heavy atom. The molecule has 0 saturated carbocycles. The number of benzene rings is 5. The summed E-state index contributed by atoms with van der Waals surface area (Å²) >= 11 is 0. The number of hydrogen-bond donors (Lipinski definition) is 2. The number of piperidine rings is 1. The number of aromatic amines is 2. The van der Waals surface area contributed by atoms with Crippen LogP contribution in [0.25, 0.3) is 90.9 Å². The second-order valence-corrected chi connectivity index (χ2v) is 32.6. The fourth-order valence-corrected chi connectivity index (χ4v) is 13.5. The first-order valence-electron chi connectivity index (χ1n) is 33.8. The van der Waals surface area contributed by atoms with Crippen molar-refractivity contribution in [3.05, 3.63) is 217 Å². The number of hydrogen-bond acceptors (Lipinski definition) is 7. The Morgan fingerprint density at radius 3 is 1.01 bits per heavy atom. The molecule has 8 bridgehead atoms. The van der Waals surface area contributed by atoms with Gasteiger partial charge in [-0.15, -0.1) is 0 Å². The Balaban J connectivity index is 1.18. The molecule has 3 aromatic heterocycles. The van der Waals surface area contributed by atoms with Gasteiger partial charge in [0.1, 0.15) is 35.4 Å². The van der Waals surface area contributed by atoms with Gasteiger partial charge in [-0.25, -0.2) is 9.97 Å². The van der Waals surface area contributed by atoms with E-state index in [0.29, 0.717) is 11.1 Å². The van der Waals surface area contributed by atoms with Gasteiger partial charge < -0.3 is 14.9 Å². The van der Waals surface area contributed by atoms with Gasteiger partial charge in [-0.3, -0.25) is 0 Å². The molecule has 2 N–H and O–H groups in total. The number of H-pyrrole nitrogens is 2. The lowest BCUT2D eigenvalue weighted by Gasteiger charge is -2.34. The third-order valence-corrected chi connectivity index (χ3v) is 19.3. The number of nitrogens with zero attached hydrogens (tertiary/aromatic N) is 7. The highest BCUT2D eigenvalue weighted by atomic mass is 15.1. The van der Waals surface area contributed by atoms with Crippen molar-refractivity contribution in [2.75, 3.05) is 18.0 Å². The zero-order chi connectivity index (χ0) is 69.2. The van der Waals surface area contributed by atoms with Gasteiger partial charge in [-0.1, -0.05) is 222 Å². The van der Waals surface area contributed by atoms with E-state index in [1.165, 1.54) is 33.4 Å². The number of aromatic nitrogens is 4. The van der Waals surface area contributed by atoms with Crippen molar-refractivity contribution >= 4 is 63.2 Å². The second kappa shape index (κ2) is 25.3. The molecule has 96 heavy (non-hydrogen) atoms. The third kappa shape index (κ3) is 13.6. The molecular formula is C87H91N9. The van der Waals surface area contributed by atoms with Crippen LogP contribution in [0.5, 0.6) is 0 Å². The molecular weight excluding hydrogens is 1170 g/mol. The summed E-state index contributed by atoms with van der Waals surface area (Å²) in [6.07, 6.45) is 10.6. The Hall–Kier alpha value is -10.1. The van der Waals surface area contributed by atoms with E-state index in [1.54, 1.807) is 12.1 Å². The minimum atomic E-state index is -0.183. The summed E-state index contributed by atoms with van der Waals surface area (Å²) in [5.41, 5.74) is 23.9. The summed E-state index contributed by atoms with van der Waals surface area (Å²) in [5, 5.41) is 41.1. The quantitative estimate of drug-likeness (QED) is 0.113. The minimum absolute atomic E-state index is 0.0889. The van der Waals surface area contributed by atoms with Gasteiger partial charge in [-0.05, 0) is 173 Å². The van der Waals surface area contributed by atoms with Gasteiger partial charge in [0.25, 0.3) is 0 Å². The molecule has 0 spiro atoms. The van der Waals surface area contributed by atoms with Gasteiger partial charge in [-0.2, -0.15) is 21.0 Å². The Morgan fingerprint density at radius 2 is 0.677 bits per heavy atom. The SMILES string of the molecule is CC(C)(C)c1cc(-c2c3nc(c(-c4cc(C(C)(C)C)cc(C(C)(C)C)c4)c4ccc([nH]4)c(C4CCN(c5ccc(C(=C(C#N)C#N)C(=C(C#N)C#N)c6ccccc6)cc5)CC4)c4nc(c(-c5cc(C(C)(C)C)cc(C(C)(C)C)c5)c5ccc2[nH]5)C=C4)C=C3)cc(C(C)(C)C)c1. The first kappa shape index (κ1) is 67.4. The van der Waals surface area contributed by atoms with Crippen molar-refractivity contribution in [2.45, 2.75) is 176 Å². The van der Waals surface area contributed by atoms with E-state index in [0.717, 1.165) is 115 Å². The normalized spacial score (nSPS) is 13.8. The summed E-state index contributed by atoms with van der Waals surface area (Å²) in [5.74, 6) is 0.0889. The van der Waals surface area contributed by atoms with E-state index in [1.807, 2.05) is 54.6 Å². The highest BCUT2D eigenvalue weighted by Crippen LogP contribution is 2.46. The van der Waals surface area contributed by atoms with Crippen molar-refractivity contribution in [1.29, 1.82) is 21.0 Å². The average molecular weight is 1260 g/mol. The lowest BCUT2D eigenvalue weighted by Crippen LogP contribution is -2.33. The first-order chi connectivity index (χ1) is 45.2. The lowest BCUT2D eigenvalue weighted by atomic mass is 9.78. The molecule has 0 unspecified atom stereocenters. The number of allylic oxidation sites excluding steroid dienone is 4. The standard InChI is InChI=1S/C87H91N9/c1-82(2,3)61-40-56(41-62(46-61)83(4,5)6)79-70-30-28-68(92-70)78(55-36-38-96(39-37-55)67-26-24-54(25-27-67)77(60(51-90)52-91)76(59(49-88)50-89)53-22-20-19-21-23-53)69-29-31-71(93-69)80(57-42-63(84(7,8)9)47-64(43-57)85(10,11)12)73-33-35-75(95-73)81(74-34-32-72(79)94-74)58-44-65(86(13,14)15)48-66(45-58)87(16,17)18/h19-35,40-48,55,92,95H,36-39H2,1-18H3. The number of nitrogens with one attached hydrogen (secondary N) is 2. The summed E-state index contributed by atoms with van der Waals surface area (Å²) < 4.78 is 0. The van der Waals surface area contributed by atoms with Crippen LogP contribution >= 0.6 is 0 Å². The molecule has 6 heterocycles. The van der Waals surface area contributed by atoms with Gasteiger partial charge in [0.2, 0.25) is 0 Å². The van der Waals surface area contributed by atoms with Crippen molar-refractivity contribution in [3.63, 3.8) is 0 Å². The number of fused-ring (bicyclic) bond motifs is 8. The minimum Gasteiger partial charge on any atom is -0.371 e. The molecule has 1 saturated heterocycles. The van der Waals surface area contributed by atoms with E-state index in [-0.39, 0.29) is 60.7 Å². The Bertz CT molecular complexity index is 4690. The van der Waals surface area contributed by atoms with Gasteiger partial charge in [0.15, 0.2) is 0 Å². The number of anilines is 1. The number of nitriles is 4. The molecule has 3 aliphatic rings. The van der Waals surface area contributed by atoms with Crippen LogP contribution in [-0.4, -0.2) is 33.0 Å². The molecule has 0 amide bonds. The molecule has 8 aromatic rings. The van der Waals surface area contributed by atoms with Crippen LogP contribution in [0.15, 0.2) is 145 Å². The molecule has 9 nitrogen and oxygen atoms in total. The fraction of sp³-hybridized carbons (Fsp3) is 0.333. The van der Waals surface area contributed by atoms with E-state index in [2.05, 4.69) is 255 Å². The predicted molar refractivity (Wildman–Crippen MR) is 401 cm³/mol. The third-order valence-electron chi connectivity index (χ3n) is 19.3. The zero-order valence-corrected chi connectivity index (χ0v) is 59.5. The van der Waals surface area contributed by atoms with Crippen LogP contribution in [0.2, 0.25) is 0 Å². The highest BCUT2D eigenvalue weighted by Gasteiger charge is 2.31. The van der Waals surface area contributed by atoms with Crippen LogP contribution in [0, 0.1) is 45.3 Å².